The molecule has 5 nitrogen and oxygen atoms in total. The van der Waals surface area contributed by atoms with E-state index in [9.17, 15) is 14.0 Å². The van der Waals surface area contributed by atoms with Crippen LogP contribution in [0.15, 0.2) is 24.3 Å². The van der Waals surface area contributed by atoms with Crippen molar-refractivity contribution in [2.45, 2.75) is 12.8 Å². The molecule has 0 saturated carbocycles. The molecule has 0 atom stereocenters. The Labute approximate surface area is 129 Å². The average Bonchev–Trinajstić information content (AvgIpc) is 2.52. The summed E-state index contributed by atoms with van der Waals surface area (Å²) in [6, 6.07) is 4.45. The predicted molar refractivity (Wildman–Crippen MR) is 80.9 cm³/mol. The Bertz CT molecular complexity index is 557. The van der Waals surface area contributed by atoms with Crippen LogP contribution < -0.4 is 4.74 Å². The lowest BCUT2D eigenvalue weighted by atomic mass is 10.2. The lowest BCUT2D eigenvalue weighted by molar-refractivity contribution is -0.141. The van der Waals surface area contributed by atoms with E-state index in [0.717, 1.165) is 0 Å². The fourth-order valence-electron chi connectivity index (χ4n) is 1.75. The summed E-state index contributed by atoms with van der Waals surface area (Å²) < 4.78 is 22.9. The molecule has 1 aromatic carbocycles. The van der Waals surface area contributed by atoms with Crippen molar-refractivity contribution in [2.24, 2.45) is 0 Å². The van der Waals surface area contributed by atoms with Crippen molar-refractivity contribution in [1.29, 1.82) is 0 Å². The Kier molecular flexibility index (Phi) is 7.08. The highest BCUT2D eigenvalue weighted by molar-refractivity contribution is 5.91. The maximum atomic E-state index is 13.5. The first-order chi connectivity index (χ1) is 10.5. The fourth-order valence-corrected chi connectivity index (χ4v) is 1.75. The summed E-state index contributed by atoms with van der Waals surface area (Å²) in [4.78, 5) is 24.3. The monoisotopic (exact) mass is 309 g/mol. The molecular formula is C16H20FNO4. The van der Waals surface area contributed by atoms with E-state index in [2.05, 4.69) is 4.74 Å². The molecule has 0 aliphatic rings. The second kappa shape index (κ2) is 8.81. The first kappa shape index (κ1) is 17.7. The molecule has 0 fully saturated rings. The van der Waals surface area contributed by atoms with E-state index in [1.807, 2.05) is 0 Å². The highest BCUT2D eigenvalue weighted by Gasteiger charge is 2.07. The molecule has 0 aliphatic carbocycles. The molecule has 120 valence electrons. The summed E-state index contributed by atoms with van der Waals surface area (Å²) in [6.07, 6.45) is 3.68. The molecule has 1 amide bonds. The molecule has 0 spiro atoms. The van der Waals surface area contributed by atoms with E-state index >= 15 is 0 Å². The lowest BCUT2D eigenvalue weighted by Gasteiger charge is -2.14. The number of benzene rings is 1. The minimum Gasteiger partial charge on any atom is -0.494 e. The van der Waals surface area contributed by atoms with Gasteiger partial charge in [-0.25, -0.2) is 4.39 Å². The summed E-state index contributed by atoms with van der Waals surface area (Å²) >= 11 is 0. The number of nitrogens with zero attached hydrogens (tertiary/aromatic N) is 1. The van der Waals surface area contributed by atoms with Crippen LogP contribution in [-0.2, 0) is 14.3 Å². The first-order valence-corrected chi connectivity index (χ1v) is 6.81. The van der Waals surface area contributed by atoms with Gasteiger partial charge >= 0.3 is 5.97 Å². The van der Waals surface area contributed by atoms with Crippen LogP contribution >= 0.6 is 0 Å². The summed E-state index contributed by atoms with van der Waals surface area (Å²) in [5.74, 6) is -0.849. The summed E-state index contributed by atoms with van der Waals surface area (Å²) in [7, 11) is 4.35. The van der Waals surface area contributed by atoms with Gasteiger partial charge in [0.2, 0.25) is 5.91 Å². The molecule has 0 aliphatic heterocycles. The Morgan fingerprint density at radius 2 is 2.05 bits per heavy atom. The highest BCUT2D eigenvalue weighted by atomic mass is 19.1. The van der Waals surface area contributed by atoms with Gasteiger partial charge in [0.05, 0.1) is 14.2 Å². The predicted octanol–water partition coefficient (Wildman–Crippen LogP) is 2.26. The highest BCUT2D eigenvalue weighted by Crippen LogP contribution is 2.18. The van der Waals surface area contributed by atoms with E-state index < -0.39 is 5.82 Å². The molecule has 1 aromatic rings. The second-order valence-electron chi connectivity index (χ2n) is 4.67. The van der Waals surface area contributed by atoms with Gasteiger partial charge in [0, 0.05) is 26.1 Å². The topological polar surface area (TPSA) is 55.8 Å². The second-order valence-corrected chi connectivity index (χ2v) is 4.67. The third-order valence-electron chi connectivity index (χ3n) is 3.07. The van der Waals surface area contributed by atoms with E-state index in [0.29, 0.717) is 18.5 Å². The molecule has 0 unspecified atom stereocenters. The Morgan fingerprint density at radius 1 is 1.32 bits per heavy atom. The molecule has 0 saturated heterocycles. The van der Waals surface area contributed by atoms with Crippen molar-refractivity contribution >= 4 is 18.0 Å². The van der Waals surface area contributed by atoms with Crippen LogP contribution in [0.4, 0.5) is 4.39 Å². The van der Waals surface area contributed by atoms with Crippen molar-refractivity contribution in [2.75, 3.05) is 27.8 Å². The zero-order valence-corrected chi connectivity index (χ0v) is 13.0. The largest absolute Gasteiger partial charge is 0.494 e. The van der Waals surface area contributed by atoms with Gasteiger partial charge in [0.1, 0.15) is 0 Å². The summed E-state index contributed by atoms with van der Waals surface area (Å²) in [5.41, 5.74) is 0.564. The quantitative estimate of drug-likeness (QED) is 0.573. The van der Waals surface area contributed by atoms with Crippen LogP contribution in [0.2, 0.25) is 0 Å². The van der Waals surface area contributed by atoms with E-state index in [4.69, 9.17) is 4.74 Å². The smallest absolute Gasteiger partial charge is 0.305 e. The number of carbonyl (C=O) groups is 2. The molecule has 0 radical (unpaired) electrons. The number of methoxy groups -OCH3 is 2. The number of halogens is 1. The number of ether oxygens (including phenoxy) is 2. The average molecular weight is 309 g/mol. The van der Waals surface area contributed by atoms with E-state index in [1.165, 1.54) is 43.4 Å². The van der Waals surface area contributed by atoms with Gasteiger partial charge in [-0.2, -0.15) is 0 Å². The Hall–Kier alpha value is -2.37. The van der Waals surface area contributed by atoms with Gasteiger partial charge < -0.3 is 14.4 Å². The van der Waals surface area contributed by atoms with Crippen molar-refractivity contribution in [3.05, 3.63) is 35.7 Å². The van der Waals surface area contributed by atoms with Crippen LogP contribution in [0.25, 0.3) is 6.08 Å². The number of esters is 1. The molecule has 22 heavy (non-hydrogen) atoms. The minimum atomic E-state index is -0.483. The number of rotatable bonds is 7. The first-order valence-electron chi connectivity index (χ1n) is 6.81. The van der Waals surface area contributed by atoms with Gasteiger partial charge in [-0.05, 0) is 30.2 Å². The standard InChI is InChI=1S/C16H20FNO4/c1-18(10-4-5-16(20)22-3)15(19)9-7-12-6-8-14(21-2)13(17)11-12/h6-9,11H,4-5,10H2,1-3H3/b9-7+. The van der Waals surface area contributed by atoms with Crippen LogP contribution in [0, 0.1) is 5.82 Å². The Balaban J connectivity index is 2.52. The Morgan fingerprint density at radius 3 is 2.64 bits per heavy atom. The summed E-state index contributed by atoms with van der Waals surface area (Å²) in [5, 5.41) is 0. The van der Waals surface area contributed by atoms with Crippen molar-refractivity contribution < 1.29 is 23.5 Å². The third kappa shape index (κ3) is 5.55. The molecule has 1 rings (SSSR count). The maximum Gasteiger partial charge on any atom is 0.305 e. The van der Waals surface area contributed by atoms with Gasteiger partial charge in [-0.3, -0.25) is 9.59 Å². The number of hydrogen-bond acceptors (Lipinski definition) is 4. The SMILES string of the molecule is COC(=O)CCCN(C)C(=O)/C=C/c1ccc(OC)c(F)c1. The van der Waals surface area contributed by atoms with Crippen LogP contribution in [0.1, 0.15) is 18.4 Å². The third-order valence-corrected chi connectivity index (χ3v) is 3.07. The molecule has 0 aromatic heterocycles. The minimum absolute atomic E-state index is 0.156. The zero-order chi connectivity index (χ0) is 16.5. The number of hydrogen-bond donors (Lipinski definition) is 0. The van der Waals surface area contributed by atoms with Crippen LogP contribution in [0.3, 0.4) is 0 Å². The van der Waals surface area contributed by atoms with Gasteiger partial charge in [0.15, 0.2) is 11.6 Å². The van der Waals surface area contributed by atoms with Crippen LogP contribution in [-0.4, -0.2) is 44.6 Å². The van der Waals surface area contributed by atoms with Gasteiger partial charge in [-0.1, -0.05) is 6.07 Å². The van der Waals surface area contributed by atoms with Gasteiger partial charge in [0.25, 0.3) is 0 Å². The molecule has 0 heterocycles. The lowest BCUT2D eigenvalue weighted by Crippen LogP contribution is -2.26. The van der Waals surface area contributed by atoms with Crippen LogP contribution in [0.5, 0.6) is 5.75 Å². The van der Waals surface area contributed by atoms with Crippen molar-refractivity contribution in [1.82, 2.24) is 4.90 Å². The number of likely N-dealkylation sites (N-methyl/N-ethyl adjacent to an activating group) is 1. The van der Waals surface area contributed by atoms with Crippen molar-refractivity contribution in [3.8, 4) is 5.75 Å². The molecular weight excluding hydrogens is 289 g/mol. The molecule has 0 bridgehead atoms. The fraction of sp³-hybridized carbons (Fsp3) is 0.375. The van der Waals surface area contributed by atoms with Gasteiger partial charge in [-0.15, -0.1) is 0 Å². The zero-order valence-electron chi connectivity index (χ0n) is 13.0. The molecule has 6 heteroatoms. The van der Waals surface area contributed by atoms with E-state index in [1.54, 1.807) is 13.1 Å². The molecule has 0 N–H and O–H groups in total. The maximum absolute atomic E-state index is 13.5. The summed E-state index contributed by atoms with van der Waals surface area (Å²) in [6.45, 7) is 0.440. The normalized spacial score (nSPS) is 10.5. The number of carbonyl (C=O) groups excluding carboxylic acids is 2. The van der Waals surface area contributed by atoms with Crippen molar-refractivity contribution in [3.63, 3.8) is 0 Å². The van der Waals surface area contributed by atoms with E-state index in [-0.39, 0.29) is 24.0 Å². The number of amides is 1.